The number of fused-ring (bicyclic) bond motifs is 1. The Morgan fingerprint density at radius 2 is 1.47 bits per heavy atom. The van der Waals surface area contributed by atoms with Gasteiger partial charge in [-0.3, -0.25) is 9.36 Å². The molecule has 0 atom stereocenters. The van der Waals surface area contributed by atoms with Crippen LogP contribution in [0.2, 0.25) is 0 Å². The molecule has 0 aliphatic rings. The predicted octanol–water partition coefficient (Wildman–Crippen LogP) is 3.37. The number of sulfone groups is 1. The molecule has 0 N–H and O–H groups in total. The van der Waals surface area contributed by atoms with Gasteiger partial charge in [0.15, 0.2) is 21.0 Å². The SMILES string of the molecule is CCOCn1cnc2c1c(=O)n(Cc1ccccc1CS(=O)(=O)c1ccccc1)c(=O)n2-c1ccccc1. The molecule has 38 heavy (non-hydrogen) atoms. The molecule has 10 heteroatoms. The molecule has 0 bridgehead atoms. The van der Waals surface area contributed by atoms with Gasteiger partial charge in [-0.1, -0.05) is 60.7 Å². The van der Waals surface area contributed by atoms with E-state index < -0.39 is 21.1 Å². The van der Waals surface area contributed by atoms with Crippen LogP contribution in [0.1, 0.15) is 18.1 Å². The molecule has 5 aromatic rings. The van der Waals surface area contributed by atoms with Crippen LogP contribution in [0.3, 0.4) is 0 Å². The average molecular weight is 531 g/mol. The number of aromatic nitrogens is 4. The van der Waals surface area contributed by atoms with Gasteiger partial charge in [0.05, 0.1) is 29.2 Å². The summed E-state index contributed by atoms with van der Waals surface area (Å²) in [5, 5.41) is 0. The lowest BCUT2D eigenvalue weighted by molar-refractivity contribution is 0.0903. The maximum Gasteiger partial charge on any atom is 0.337 e. The summed E-state index contributed by atoms with van der Waals surface area (Å²) in [6.07, 6.45) is 1.48. The second-order valence-electron chi connectivity index (χ2n) is 8.69. The molecular formula is C28H26N4O5S. The van der Waals surface area contributed by atoms with E-state index in [-0.39, 0.29) is 35.1 Å². The van der Waals surface area contributed by atoms with Crippen LogP contribution < -0.4 is 11.2 Å². The quantitative estimate of drug-likeness (QED) is 0.289. The van der Waals surface area contributed by atoms with Crippen molar-refractivity contribution < 1.29 is 13.2 Å². The second kappa shape index (κ2) is 10.6. The first-order chi connectivity index (χ1) is 18.4. The standard InChI is InChI=1S/C28H26N4O5S/c1-2-37-20-30-19-29-26-25(30)27(33)31(28(34)32(26)23-13-5-3-6-14-23)17-21-11-9-10-12-22(21)18-38(35,36)24-15-7-4-8-16-24/h3-16,19H,2,17-18,20H2,1H3. The molecule has 0 aliphatic heterocycles. The fourth-order valence-electron chi connectivity index (χ4n) is 4.36. The summed E-state index contributed by atoms with van der Waals surface area (Å²) in [5.74, 6) is -0.265. The number of ether oxygens (including phenoxy) is 1. The van der Waals surface area contributed by atoms with Gasteiger partial charge in [0.2, 0.25) is 0 Å². The summed E-state index contributed by atoms with van der Waals surface area (Å²) in [6.45, 7) is 2.27. The van der Waals surface area contributed by atoms with E-state index in [1.807, 2.05) is 13.0 Å². The summed E-state index contributed by atoms with van der Waals surface area (Å²) in [4.78, 5) is 32.1. The summed E-state index contributed by atoms with van der Waals surface area (Å²) in [5.41, 5.74) is 0.959. The fourth-order valence-corrected chi connectivity index (χ4v) is 5.78. The minimum Gasteiger partial charge on any atom is -0.361 e. The van der Waals surface area contributed by atoms with E-state index in [2.05, 4.69) is 4.98 Å². The number of hydrogen-bond acceptors (Lipinski definition) is 6. The van der Waals surface area contributed by atoms with Crippen LogP contribution in [0.5, 0.6) is 0 Å². The Labute approximate surface area is 219 Å². The van der Waals surface area contributed by atoms with Crippen molar-refractivity contribution in [2.24, 2.45) is 0 Å². The zero-order chi connectivity index (χ0) is 26.7. The van der Waals surface area contributed by atoms with Gasteiger partial charge in [0.25, 0.3) is 5.56 Å². The Kier molecular flexibility index (Phi) is 7.08. The van der Waals surface area contributed by atoms with Gasteiger partial charge in [-0.2, -0.15) is 0 Å². The summed E-state index contributed by atoms with van der Waals surface area (Å²) >= 11 is 0. The molecule has 2 heterocycles. The summed E-state index contributed by atoms with van der Waals surface area (Å²) in [7, 11) is -3.64. The highest BCUT2D eigenvalue weighted by Crippen LogP contribution is 2.20. The molecule has 0 aliphatic carbocycles. The van der Waals surface area contributed by atoms with E-state index in [4.69, 9.17) is 4.74 Å². The van der Waals surface area contributed by atoms with Gasteiger partial charge in [-0.15, -0.1) is 0 Å². The smallest absolute Gasteiger partial charge is 0.337 e. The first-order valence-corrected chi connectivity index (χ1v) is 13.7. The molecule has 3 aromatic carbocycles. The van der Waals surface area contributed by atoms with E-state index in [0.29, 0.717) is 23.4 Å². The average Bonchev–Trinajstić information content (AvgIpc) is 3.35. The third-order valence-electron chi connectivity index (χ3n) is 6.24. The number of benzene rings is 3. The Hall–Kier alpha value is -4.28. The third-order valence-corrected chi connectivity index (χ3v) is 7.93. The minimum absolute atomic E-state index is 0.0984. The van der Waals surface area contributed by atoms with Crippen LogP contribution in [-0.4, -0.2) is 33.7 Å². The normalized spacial score (nSPS) is 11.7. The van der Waals surface area contributed by atoms with Crippen molar-refractivity contribution in [2.45, 2.75) is 30.8 Å². The highest BCUT2D eigenvalue weighted by molar-refractivity contribution is 7.90. The Bertz CT molecular complexity index is 1810. The van der Waals surface area contributed by atoms with Gasteiger partial charge < -0.3 is 9.30 Å². The third kappa shape index (κ3) is 4.83. The largest absolute Gasteiger partial charge is 0.361 e. The van der Waals surface area contributed by atoms with Gasteiger partial charge >= 0.3 is 5.69 Å². The molecule has 0 spiro atoms. The van der Waals surface area contributed by atoms with Gasteiger partial charge in [0, 0.05) is 6.61 Å². The lowest BCUT2D eigenvalue weighted by Crippen LogP contribution is -2.40. The van der Waals surface area contributed by atoms with Crippen molar-refractivity contribution in [1.82, 2.24) is 18.7 Å². The van der Waals surface area contributed by atoms with Crippen LogP contribution in [-0.2, 0) is 33.6 Å². The minimum atomic E-state index is -3.64. The first kappa shape index (κ1) is 25.4. The summed E-state index contributed by atoms with van der Waals surface area (Å²) in [6, 6.07) is 24.1. The molecule has 194 valence electrons. The molecule has 2 aromatic heterocycles. The van der Waals surface area contributed by atoms with E-state index in [9.17, 15) is 18.0 Å². The van der Waals surface area contributed by atoms with Crippen molar-refractivity contribution >= 4 is 21.0 Å². The maximum atomic E-state index is 13.8. The molecule has 0 saturated carbocycles. The van der Waals surface area contributed by atoms with E-state index >= 15 is 0 Å². The van der Waals surface area contributed by atoms with Crippen LogP contribution in [0, 0.1) is 0 Å². The van der Waals surface area contributed by atoms with Crippen LogP contribution in [0.25, 0.3) is 16.9 Å². The van der Waals surface area contributed by atoms with E-state index in [1.54, 1.807) is 83.4 Å². The van der Waals surface area contributed by atoms with Crippen molar-refractivity contribution in [1.29, 1.82) is 0 Å². The Morgan fingerprint density at radius 1 is 0.842 bits per heavy atom. The van der Waals surface area contributed by atoms with E-state index in [1.165, 1.54) is 10.9 Å². The van der Waals surface area contributed by atoms with Gasteiger partial charge in [0.1, 0.15) is 6.73 Å². The van der Waals surface area contributed by atoms with Crippen molar-refractivity contribution in [3.8, 4) is 5.69 Å². The first-order valence-electron chi connectivity index (χ1n) is 12.1. The summed E-state index contributed by atoms with van der Waals surface area (Å²) < 4.78 is 35.8. The highest BCUT2D eigenvalue weighted by atomic mass is 32.2. The molecule has 0 amide bonds. The molecule has 0 radical (unpaired) electrons. The Balaban J connectivity index is 1.65. The van der Waals surface area contributed by atoms with Crippen molar-refractivity contribution in [3.05, 3.63) is 123 Å². The number of nitrogens with zero attached hydrogens (tertiary/aromatic N) is 4. The molecule has 9 nitrogen and oxygen atoms in total. The van der Waals surface area contributed by atoms with Crippen molar-refractivity contribution in [2.75, 3.05) is 6.61 Å². The second-order valence-corrected chi connectivity index (χ2v) is 10.7. The Morgan fingerprint density at radius 3 is 2.16 bits per heavy atom. The fraction of sp³-hybridized carbons (Fsp3) is 0.179. The molecule has 5 rings (SSSR count). The number of rotatable bonds is 9. The number of imidazole rings is 1. The predicted molar refractivity (Wildman–Crippen MR) is 144 cm³/mol. The van der Waals surface area contributed by atoms with Crippen molar-refractivity contribution in [3.63, 3.8) is 0 Å². The zero-order valence-corrected chi connectivity index (χ0v) is 21.5. The molecular weight excluding hydrogens is 504 g/mol. The molecule has 0 saturated heterocycles. The van der Waals surface area contributed by atoms with Crippen LogP contribution in [0.15, 0.2) is 106 Å². The highest BCUT2D eigenvalue weighted by Gasteiger charge is 2.22. The lowest BCUT2D eigenvalue weighted by atomic mass is 10.1. The van der Waals surface area contributed by atoms with Crippen LogP contribution >= 0.6 is 0 Å². The monoisotopic (exact) mass is 530 g/mol. The molecule has 0 unspecified atom stereocenters. The lowest BCUT2D eigenvalue weighted by Gasteiger charge is -2.15. The number of para-hydroxylation sites is 1. The zero-order valence-electron chi connectivity index (χ0n) is 20.7. The van der Waals surface area contributed by atoms with E-state index in [0.717, 1.165) is 4.57 Å². The van der Waals surface area contributed by atoms with Gasteiger partial charge in [-0.25, -0.2) is 22.8 Å². The van der Waals surface area contributed by atoms with Gasteiger partial charge in [-0.05, 0) is 42.3 Å². The topological polar surface area (TPSA) is 105 Å². The van der Waals surface area contributed by atoms with Crippen LogP contribution in [0.4, 0.5) is 0 Å². The number of hydrogen-bond donors (Lipinski definition) is 0. The maximum absolute atomic E-state index is 13.8. The molecule has 0 fully saturated rings.